The first-order valence-corrected chi connectivity index (χ1v) is 22.5. The normalized spacial score (nSPS) is 12.8. The Kier molecular flexibility index (Phi) is 19.2. The monoisotopic (exact) mass is 923 g/mol. The maximum Gasteiger partial charge on any atom is 0.412 e. The molecule has 3 atom stereocenters. The first-order chi connectivity index (χ1) is 31.3. The van der Waals surface area contributed by atoms with Crippen LogP contribution in [-0.2, 0) is 39.8 Å². The first-order valence-electron chi connectivity index (χ1n) is 21.5. The van der Waals surface area contributed by atoms with Gasteiger partial charge in [-0.15, -0.1) is 11.8 Å². The van der Waals surface area contributed by atoms with Crippen molar-refractivity contribution < 1.29 is 47.7 Å². The second-order valence-electron chi connectivity index (χ2n) is 17.2. The molecule has 0 aromatic heterocycles. The number of rotatable bonds is 21. The number of thioether (sulfide) groups is 1. The van der Waals surface area contributed by atoms with Gasteiger partial charge in [0, 0.05) is 18.7 Å². The van der Waals surface area contributed by atoms with Crippen molar-refractivity contribution in [3.05, 3.63) is 150 Å². The van der Waals surface area contributed by atoms with Gasteiger partial charge >= 0.3 is 24.2 Å². The molecule has 0 aliphatic carbocycles. The van der Waals surface area contributed by atoms with Crippen LogP contribution in [0, 0.1) is 0 Å². The number of carbonyl (C=O) groups excluding carboxylic acids is 6. The number of primary amides is 1. The molecule has 0 aliphatic heterocycles. The number of hydrogen-bond donors (Lipinski definition) is 5. The van der Waals surface area contributed by atoms with E-state index in [1.165, 1.54) is 30.0 Å². The molecule has 0 heterocycles. The Hall–Kier alpha value is -6.81. The fraction of sp³-hybridized carbons (Fsp3) is 0.360. The smallest absolute Gasteiger partial charge is 0.412 e. The van der Waals surface area contributed by atoms with Crippen molar-refractivity contribution in [2.75, 3.05) is 18.9 Å². The van der Waals surface area contributed by atoms with Gasteiger partial charge in [0.25, 0.3) is 0 Å². The van der Waals surface area contributed by atoms with Crippen LogP contribution in [0.1, 0.15) is 76.6 Å². The van der Waals surface area contributed by atoms with Crippen molar-refractivity contribution in [3.8, 4) is 5.75 Å². The van der Waals surface area contributed by atoms with Crippen LogP contribution in [0.2, 0.25) is 0 Å². The molecule has 0 radical (unpaired) electrons. The van der Waals surface area contributed by atoms with Gasteiger partial charge in [-0.25, -0.2) is 19.2 Å². The van der Waals surface area contributed by atoms with Crippen molar-refractivity contribution in [2.45, 2.75) is 94.9 Å². The van der Waals surface area contributed by atoms with Gasteiger partial charge in [0.1, 0.15) is 41.7 Å². The maximum absolute atomic E-state index is 14.0. The van der Waals surface area contributed by atoms with Gasteiger partial charge in [0.05, 0.1) is 4.75 Å². The Bertz CT molecular complexity index is 2130. The summed E-state index contributed by atoms with van der Waals surface area (Å²) in [6.07, 6.45) is -0.716. The summed E-state index contributed by atoms with van der Waals surface area (Å²) in [4.78, 5) is 78.0. The number of benzene rings is 4. The molecule has 352 valence electrons. The molecule has 0 aliphatic rings. The third-order valence-corrected chi connectivity index (χ3v) is 11.1. The van der Waals surface area contributed by atoms with Gasteiger partial charge in [-0.3, -0.25) is 9.59 Å². The van der Waals surface area contributed by atoms with Crippen LogP contribution < -0.4 is 31.7 Å². The first kappa shape index (κ1) is 51.8. The SMILES string of the molecule is C=CCOC(=O)[C@H](Cc1ccc(OC(=O)NCCC[C@H](NC(=O)OC(C)(C)C)C(=O)N[C@@H](CSC(c2ccccc2)(c2ccccc2)c2ccccc2)C(N)=O)cc1)NC(=O)OC(C)(C)C. The summed E-state index contributed by atoms with van der Waals surface area (Å²) in [5, 5.41) is 10.6. The zero-order valence-corrected chi connectivity index (χ0v) is 39.1. The molecule has 4 rings (SSSR count). The number of esters is 1. The molecule has 0 fully saturated rings. The maximum atomic E-state index is 14.0. The summed E-state index contributed by atoms with van der Waals surface area (Å²) < 4.78 is 20.5. The van der Waals surface area contributed by atoms with Crippen LogP contribution in [0.4, 0.5) is 14.4 Å². The standard InChI is InChI=1S/C50H61N5O10S/c1-8-31-62-44(58)40(55-47(61)65-49(5,6)7)32-34-26-28-38(29-27-34)63-45(59)52-30-18-25-39(54-46(60)64-48(2,3)4)43(57)53-41(42(51)56)33-66-50(35-19-12-9-13-20-35,36-21-14-10-15-22-36)37-23-16-11-17-24-37/h8-17,19-24,26-29,39-41H,1,18,25,30-33H2,2-7H3,(H2,51,56)(H,52,59)(H,53,57)(H,54,60)(H,55,61)/t39-,40-,41-/m0/s1. The number of ether oxygens (including phenoxy) is 4. The second-order valence-corrected chi connectivity index (χ2v) is 18.4. The van der Waals surface area contributed by atoms with E-state index in [1.807, 2.05) is 91.0 Å². The molecule has 4 aromatic rings. The Balaban J connectivity index is 1.42. The van der Waals surface area contributed by atoms with Crippen LogP contribution >= 0.6 is 11.8 Å². The highest BCUT2D eigenvalue weighted by Gasteiger charge is 2.39. The summed E-state index contributed by atoms with van der Waals surface area (Å²) in [6.45, 7) is 13.7. The number of amides is 5. The van der Waals surface area contributed by atoms with Crippen molar-refractivity contribution in [1.29, 1.82) is 0 Å². The van der Waals surface area contributed by atoms with Crippen molar-refractivity contribution in [2.24, 2.45) is 5.73 Å². The summed E-state index contributed by atoms with van der Waals surface area (Å²) in [5.41, 5.74) is 7.78. The minimum atomic E-state index is -1.18. The van der Waals surface area contributed by atoms with E-state index in [2.05, 4.69) is 27.8 Å². The highest BCUT2D eigenvalue weighted by Crippen LogP contribution is 2.48. The Labute approximate surface area is 390 Å². The zero-order valence-electron chi connectivity index (χ0n) is 38.3. The highest BCUT2D eigenvalue weighted by molar-refractivity contribution is 8.00. The van der Waals surface area contributed by atoms with Crippen molar-refractivity contribution in [3.63, 3.8) is 0 Å². The minimum absolute atomic E-state index is 0.0361. The topological polar surface area (TPSA) is 213 Å². The third-order valence-electron chi connectivity index (χ3n) is 9.51. The Morgan fingerprint density at radius 1 is 0.652 bits per heavy atom. The fourth-order valence-electron chi connectivity index (χ4n) is 6.62. The average Bonchev–Trinajstić information content (AvgIpc) is 3.26. The lowest BCUT2D eigenvalue weighted by atomic mass is 9.84. The van der Waals surface area contributed by atoms with Crippen LogP contribution in [-0.4, -0.2) is 84.3 Å². The zero-order chi connectivity index (χ0) is 48.3. The summed E-state index contributed by atoms with van der Waals surface area (Å²) in [5.74, 6) is -1.86. The summed E-state index contributed by atoms with van der Waals surface area (Å²) in [7, 11) is 0. The van der Waals surface area contributed by atoms with E-state index in [1.54, 1.807) is 53.7 Å². The molecule has 4 aromatic carbocycles. The third kappa shape index (κ3) is 16.6. The second kappa shape index (κ2) is 24.5. The largest absolute Gasteiger partial charge is 0.460 e. The fourth-order valence-corrected chi connectivity index (χ4v) is 8.19. The molecule has 0 saturated carbocycles. The van der Waals surface area contributed by atoms with E-state index in [-0.39, 0.29) is 43.9 Å². The number of nitrogens with one attached hydrogen (secondary N) is 4. The molecule has 0 saturated heterocycles. The molecular formula is C50H61N5O10S. The number of carbonyl (C=O) groups is 6. The predicted octanol–water partition coefficient (Wildman–Crippen LogP) is 7.31. The lowest BCUT2D eigenvalue weighted by molar-refractivity contribution is -0.144. The van der Waals surface area contributed by atoms with Crippen LogP contribution in [0.15, 0.2) is 128 Å². The number of nitrogens with two attached hydrogens (primary N) is 1. The lowest BCUT2D eigenvalue weighted by Crippen LogP contribution is -2.54. The van der Waals surface area contributed by atoms with E-state index in [4.69, 9.17) is 24.7 Å². The van der Waals surface area contributed by atoms with E-state index in [9.17, 15) is 28.8 Å². The van der Waals surface area contributed by atoms with Gasteiger partial charge in [-0.05, 0) is 88.8 Å². The predicted molar refractivity (Wildman–Crippen MR) is 254 cm³/mol. The summed E-state index contributed by atoms with van der Waals surface area (Å²) in [6, 6.07) is 32.5. The molecule has 5 amide bonds. The molecule has 6 N–H and O–H groups in total. The van der Waals surface area contributed by atoms with Crippen molar-refractivity contribution >= 4 is 47.8 Å². The van der Waals surface area contributed by atoms with E-state index >= 15 is 0 Å². The van der Waals surface area contributed by atoms with Gasteiger partial charge in [-0.1, -0.05) is 116 Å². The van der Waals surface area contributed by atoms with Gasteiger partial charge in [-0.2, -0.15) is 0 Å². The van der Waals surface area contributed by atoms with Crippen molar-refractivity contribution in [1.82, 2.24) is 21.3 Å². The molecule has 0 spiro atoms. The number of hydrogen-bond acceptors (Lipinski definition) is 11. The van der Waals surface area contributed by atoms with Gasteiger partial charge < -0.3 is 45.9 Å². The van der Waals surface area contributed by atoms with E-state index in [0.717, 1.165) is 16.7 Å². The lowest BCUT2D eigenvalue weighted by Gasteiger charge is -2.36. The van der Waals surface area contributed by atoms with Gasteiger partial charge in [0.2, 0.25) is 11.8 Å². The molecule has 0 unspecified atom stereocenters. The highest BCUT2D eigenvalue weighted by atomic mass is 32.2. The van der Waals surface area contributed by atoms with Crippen LogP contribution in [0.5, 0.6) is 5.75 Å². The minimum Gasteiger partial charge on any atom is -0.460 e. The number of alkyl carbamates (subject to hydrolysis) is 2. The average molecular weight is 924 g/mol. The molecule has 16 heteroatoms. The van der Waals surface area contributed by atoms with Crippen LogP contribution in [0.3, 0.4) is 0 Å². The Morgan fingerprint density at radius 3 is 1.59 bits per heavy atom. The van der Waals surface area contributed by atoms with Gasteiger partial charge in [0.15, 0.2) is 0 Å². The van der Waals surface area contributed by atoms with E-state index < -0.39 is 70.1 Å². The molecule has 66 heavy (non-hydrogen) atoms. The molecule has 0 bridgehead atoms. The molecular weight excluding hydrogens is 863 g/mol. The molecule has 15 nitrogen and oxygen atoms in total. The summed E-state index contributed by atoms with van der Waals surface area (Å²) >= 11 is 1.45. The van der Waals surface area contributed by atoms with E-state index in [0.29, 0.717) is 5.56 Å². The quantitative estimate of drug-likeness (QED) is 0.0184. The Morgan fingerprint density at radius 2 is 1.14 bits per heavy atom. The van der Waals surface area contributed by atoms with Crippen LogP contribution in [0.25, 0.3) is 0 Å².